The average Bonchev–Trinajstić information content (AvgIpc) is 2.60. The Morgan fingerprint density at radius 1 is 0.962 bits per heavy atom. The lowest BCUT2D eigenvalue weighted by molar-refractivity contribution is 0.0954. The zero-order chi connectivity index (χ0) is 18.8. The molecule has 0 radical (unpaired) electrons. The minimum atomic E-state index is -0.187. The molecule has 0 unspecified atom stereocenters. The van der Waals surface area contributed by atoms with E-state index in [1.807, 2.05) is 20.8 Å². The predicted octanol–water partition coefficient (Wildman–Crippen LogP) is 2.94. The van der Waals surface area contributed by atoms with E-state index in [0.717, 1.165) is 28.0 Å². The number of hydrogen-bond acceptors (Lipinski definition) is 5. The quantitative estimate of drug-likeness (QED) is 0.628. The second-order valence-electron chi connectivity index (χ2n) is 6.37. The molecule has 6 nitrogen and oxygen atoms in total. The van der Waals surface area contributed by atoms with E-state index in [-0.39, 0.29) is 17.4 Å². The number of fused-ring (bicyclic) bond motifs is 1. The minimum Gasteiger partial charge on any atom is -0.504 e. The molecule has 1 aromatic heterocycles. The molecule has 26 heavy (non-hydrogen) atoms. The molecule has 0 aliphatic heterocycles. The van der Waals surface area contributed by atoms with Crippen molar-refractivity contribution in [2.24, 2.45) is 0 Å². The number of hydrogen-bond donors (Lipinski definition) is 3. The summed E-state index contributed by atoms with van der Waals surface area (Å²) < 4.78 is 0. The van der Waals surface area contributed by atoms with Crippen molar-refractivity contribution >= 4 is 16.9 Å². The number of nitrogens with zero attached hydrogens (tertiary/aromatic N) is 2. The van der Waals surface area contributed by atoms with E-state index in [0.29, 0.717) is 24.0 Å². The van der Waals surface area contributed by atoms with Gasteiger partial charge in [-0.15, -0.1) is 0 Å². The molecule has 0 aliphatic rings. The maximum absolute atomic E-state index is 12.4. The van der Waals surface area contributed by atoms with Crippen LogP contribution in [0.2, 0.25) is 0 Å². The second kappa shape index (κ2) is 7.00. The van der Waals surface area contributed by atoms with Gasteiger partial charge in [0.25, 0.3) is 5.91 Å². The topological polar surface area (TPSA) is 95.3 Å². The fraction of sp³-hybridized carbons (Fsp3) is 0.250. The number of phenolic OH excluding ortho intramolecular Hbond substituents is 2. The van der Waals surface area contributed by atoms with Crippen molar-refractivity contribution in [1.82, 2.24) is 15.3 Å². The number of rotatable bonds is 4. The number of aryl methyl sites for hydroxylation is 3. The Balaban J connectivity index is 1.69. The van der Waals surface area contributed by atoms with E-state index in [2.05, 4.69) is 15.3 Å². The van der Waals surface area contributed by atoms with Gasteiger partial charge in [0.1, 0.15) is 0 Å². The first-order chi connectivity index (χ1) is 12.3. The largest absolute Gasteiger partial charge is 0.504 e. The average molecular weight is 351 g/mol. The van der Waals surface area contributed by atoms with Gasteiger partial charge in [-0.05, 0) is 68.7 Å². The Morgan fingerprint density at radius 2 is 1.62 bits per heavy atom. The van der Waals surface area contributed by atoms with Crippen molar-refractivity contribution in [3.8, 4) is 11.5 Å². The standard InChI is InChI=1S/C20H21N3O3/c1-11-8-18(24)19(25)10-14(11)6-7-21-20(26)15-4-5-16-17(9-15)23-13(3)12(2)22-16/h4-5,8-10,24-25H,6-7H2,1-3H3,(H,21,26). The smallest absolute Gasteiger partial charge is 0.251 e. The zero-order valence-electron chi connectivity index (χ0n) is 15.0. The number of phenols is 2. The summed E-state index contributed by atoms with van der Waals surface area (Å²) in [5.41, 5.74) is 5.44. The van der Waals surface area contributed by atoms with Gasteiger partial charge in [-0.2, -0.15) is 0 Å². The van der Waals surface area contributed by atoms with Gasteiger partial charge >= 0.3 is 0 Å². The first-order valence-electron chi connectivity index (χ1n) is 8.40. The first kappa shape index (κ1) is 17.7. The van der Waals surface area contributed by atoms with Crippen LogP contribution in [0.25, 0.3) is 11.0 Å². The molecule has 134 valence electrons. The van der Waals surface area contributed by atoms with Gasteiger partial charge in [0, 0.05) is 12.1 Å². The van der Waals surface area contributed by atoms with Crippen molar-refractivity contribution in [1.29, 1.82) is 0 Å². The van der Waals surface area contributed by atoms with E-state index in [4.69, 9.17) is 0 Å². The molecule has 0 saturated carbocycles. The summed E-state index contributed by atoms with van der Waals surface area (Å²) in [5.74, 6) is -0.485. The molecule has 0 fully saturated rings. The monoisotopic (exact) mass is 351 g/mol. The number of carbonyl (C=O) groups is 1. The Hall–Kier alpha value is -3.15. The van der Waals surface area contributed by atoms with Crippen LogP contribution < -0.4 is 5.32 Å². The highest BCUT2D eigenvalue weighted by Crippen LogP contribution is 2.28. The van der Waals surface area contributed by atoms with Crippen molar-refractivity contribution in [2.75, 3.05) is 6.54 Å². The molecular weight excluding hydrogens is 330 g/mol. The normalized spacial score (nSPS) is 10.9. The maximum atomic E-state index is 12.4. The van der Waals surface area contributed by atoms with E-state index in [1.165, 1.54) is 12.1 Å². The third-order valence-electron chi connectivity index (χ3n) is 4.45. The van der Waals surface area contributed by atoms with Gasteiger partial charge in [-0.25, -0.2) is 9.97 Å². The lowest BCUT2D eigenvalue weighted by Gasteiger charge is -2.10. The van der Waals surface area contributed by atoms with Crippen molar-refractivity contribution in [3.63, 3.8) is 0 Å². The van der Waals surface area contributed by atoms with Crippen LogP contribution in [-0.4, -0.2) is 32.6 Å². The molecule has 0 aliphatic carbocycles. The molecule has 3 aromatic rings. The third-order valence-corrected chi connectivity index (χ3v) is 4.45. The van der Waals surface area contributed by atoms with Gasteiger partial charge in [-0.3, -0.25) is 4.79 Å². The molecule has 0 spiro atoms. The van der Waals surface area contributed by atoms with Crippen LogP contribution in [-0.2, 0) is 6.42 Å². The molecule has 6 heteroatoms. The first-order valence-corrected chi connectivity index (χ1v) is 8.40. The van der Waals surface area contributed by atoms with E-state index >= 15 is 0 Å². The van der Waals surface area contributed by atoms with Crippen LogP contribution >= 0.6 is 0 Å². The molecule has 0 atom stereocenters. The number of amides is 1. The van der Waals surface area contributed by atoms with Gasteiger partial charge in [0.15, 0.2) is 11.5 Å². The lowest BCUT2D eigenvalue weighted by atomic mass is 10.0. The lowest BCUT2D eigenvalue weighted by Crippen LogP contribution is -2.25. The fourth-order valence-corrected chi connectivity index (χ4v) is 2.78. The van der Waals surface area contributed by atoms with Crippen molar-refractivity contribution < 1.29 is 15.0 Å². The summed E-state index contributed by atoms with van der Waals surface area (Å²) in [6, 6.07) is 8.30. The summed E-state index contributed by atoms with van der Waals surface area (Å²) in [6.07, 6.45) is 0.553. The van der Waals surface area contributed by atoms with E-state index < -0.39 is 0 Å². The predicted molar refractivity (Wildman–Crippen MR) is 99.6 cm³/mol. The molecular formula is C20H21N3O3. The van der Waals surface area contributed by atoms with Crippen LogP contribution in [0.15, 0.2) is 30.3 Å². The van der Waals surface area contributed by atoms with Crippen LogP contribution in [0.4, 0.5) is 0 Å². The SMILES string of the molecule is Cc1cc(O)c(O)cc1CCNC(=O)c1ccc2nc(C)c(C)nc2c1. The number of benzene rings is 2. The minimum absolute atomic E-state index is 0.141. The van der Waals surface area contributed by atoms with Gasteiger partial charge < -0.3 is 15.5 Å². The van der Waals surface area contributed by atoms with Crippen LogP contribution in [0.3, 0.4) is 0 Å². The van der Waals surface area contributed by atoms with E-state index in [9.17, 15) is 15.0 Å². The van der Waals surface area contributed by atoms with Gasteiger partial charge in [0.05, 0.1) is 22.4 Å². The Labute approximate surface area is 151 Å². The summed E-state index contributed by atoms with van der Waals surface area (Å²) in [5, 5.41) is 22.0. The molecule has 1 amide bonds. The second-order valence-corrected chi connectivity index (χ2v) is 6.37. The van der Waals surface area contributed by atoms with Crippen molar-refractivity contribution in [3.05, 3.63) is 58.4 Å². The van der Waals surface area contributed by atoms with Crippen molar-refractivity contribution in [2.45, 2.75) is 27.2 Å². The highest BCUT2D eigenvalue weighted by molar-refractivity contribution is 5.97. The highest BCUT2D eigenvalue weighted by Gasteiger charge is 2.10. The Bertz CT molecular complexity index is 999. The number of aromatic nitrogens is 2. The fourth-order valence-electron chi connectivity index (χ4n) is 2.78. The number of nitrogens with one attached hydrogen (secondary N) is 1. The summed E-state index contributed by atoms with van der Waals surface area (Å²) in [7, 11) is 0. The summed E-state index contributed by atoms with van der Waals surface area (Å²) >= 11 is 0. The molecule has 3 rings (SSSR count). The Morgan fingerprint density at radius 3 is 2.35 bits per heavy atom. The van der Waals surface area contributed by atoms with Crippen LogP contribution in [0.1, 0.15) is 32.9 Å². The van der Waals surface area contributed by atoms with Crippen LogP contribution in [0, 0.1) is 20.8 Å². The van der Waals surface area contributed by atoms with E-state index in [1.54, 1.807) is 18.2 Å². The third kappa shape index (κ3) is 3.59. The molecule has 0 saturated heterocycles. The number of aromatic hydroxyl groups is 2. The zero-order valence-corrected chi connectivity index (χ0v) is 15.0. The number of carbonyl (C=O) groups excluding carboxylic acids is 1. The summed E-state index contributed by atoms with van der Waals surface area (Å²) in [6.45, 7) is 6.07. The van der Waals surface area contributed by atoms with Gasteiger partial charge in [0.2, 0.25) is 0 Å². The van der Waals surface area contributed by atoms with Crippen LogP contribution in [0.5, 0.6) is 11.5 Å². The molecule has 3 N–H and O–H groups in total. The summed E-state index contributed by atoms with van der Waals surface area (Å²) in [4.78, 5) is 21.3. The maximum Gasteiger partial charge on any atom is 0.251 e. The highest BCUT2D eigenvalue weighted by atomic mass is 16.3. The molecule has 2 aromatic carbocycles. The molecule has 0 bridgehead atoms. The molecule has 1 heterocycles. The van der Waals surface area contributed by atoms with Gasteiger partial charge in [-0.1, -0.05) is 0 Å². The Kier molecular flexibility index (Phi) is 4.75.